The summed E-state index contributed by atoms with van der Waals surface area (Å²) < 4.78 is 5.05. The molecule has 3 heteroatoms. The zero-order valence-electron chi connectivity index (χ0n) is 8.56. The molecule has 76 valence electrons. The first kappa shape index (κ1) is 10.7. The van der Waals surface area contributed by atoms with Crippen LogP contribution in [0.3, 0.4) is 0 Å². The van der Waals surface area contributed by atoms with E-state index in [0.29, 0.717) is 0 Å². The minimum atomic E-state index is -0.0999. The van der Waals surface area contributed by atoms with E-state index < -0.39 is 0 Å². The highest BCUT2D eigenvalue weighted by atomic mass is 16.5. The number of rotatable bonds is 5. The summed E-state index contributed by atoms with van der Waals surface area (Å²) in [6.45, 7) is 1.83. The smallest absolute Gasteiger partial charge is 0.118 e. The molecular formula is C11H15NO2. The maximum absolute atomic E-state index is 10.2. The van der Waals surface area contributed by atoms with Gasteiger partial charge in [-0.25, -0.2) is 0 Å². The van der Waals surface area contributed by atoms with Crippen LogP contribution in [0.4, 0.5) is 0 Å². The molecule has 1 atom stereocenters. The molecule has 3 nitrogen and oxygen atoms in total. The van der Waals surface area contributed by atoms with E-state index in [0.717, 1.165) is 18.6 Å². The maximum Gasteiger partial charge on any atom is 0.118 e. The van der Waals surface area contributed by atoms with E-state index in [-0.39, 0.29) is 6.04 Å². The summed E-state index contributed by atoms with van der Waals surface area (Å²) in [4.78, 5) is 10.2. The minimum Gasteiger partial charge on any atom is -0.497 e. The molecule has 0 heterocycles. The molecule has 1 aromatic carbocycles. The molecule has 0 aliphatic carbocycles. The molecule has 0 amide bonds. The number of ether oxygens (including phenoxy) is 1. The molecule has 1 aromatic rings. The van der Waals surface area contributed by atoms with Crippen LogP contribution in [0.2, 0.25) is 0 Å². The third-order valence-electron chi connectivity index (χ3n) is 2.19. The van der Waals surface area contributed by atoms with Crippen molar-refractivity contribution in [3.63, 3.8) is 0 Å². The van der Waals surface area contributed by atoms with Gasteiger partial charge in [0.15, 0.2) is 0 Å². The second-order valence-electron chi connectivity index (χ2n) is 3.34. The quantitative estimate of drug-likeness (QED) is 0.674. The van der Waals surface area contributed by atoms with Crippen molar-refractivity contribution in [2.45, 2.75) is 25.8 Å². The van der Waals surface area contributed by atoms with E-state index in [9.17, 15) is 4.91 Å². The topological polar surface area (TPSA) is 38.7 Å². The highest BCUT2D eigenvalue weighted by Crippen LogP contribution is 2.13. The van der Waals surface area contributed by atoms with Crippen molar-refractivity contribution in [2.75, 3.05) is 7.11 Å². The fraction of sp³-hybridized carbons (Fsp3) is 0.455. The summed E-state index contributed by atoms with van der Waals surface area (Å²) in [5.41, 5.74) is 1.21. The van der Waals surface area contributed by atoms with Gasteiger partial charge in [0.2, 0.25) is 0 Å². The van der Waals surface area contributed by atoms with Gasteiger partial charge in [0, 0.05) is 0 Å². The zero-order chi connectivity index (χ0) is 10.4. The van der Waals surface area contributed by atoms with Crippen LogP contribution in [0.5, 0.6) is 5.75 Å². The SMILES string of the molecule is COc1ccc(CCC(C)N=O)cc1. The molecule has 0 saturated carbocycles. The van der Waals surface area contributed by atoms with Gasteiger partial charge in [-0.2, -0.15) is 4.91 Å². The molecule has 14 heavy (non-hydrogen) atoms. The van der Waals surface area contributed by atoms with E-state index in [1.807, 2.05) is 31.2 Å². The lowest BCUT2D eigenvalue weighted by molar-refractivity contribution is 0.414. The summed E-state index contributed by atoms with van der Waals surface area (Å²) >= 11 is 0. The molecule has 0 N–H and O–H groups in total. The standard InChI is InChI=1S/C11H15NO2/c1-9(12-13)3-4-10-5-7-11(14-2)8-6-10/h5-9H,3-4H2,1-2H3. The Morgan fingerprint density at radius 3 is 2.50 bits per heavy atom. The Balaban J connectivity index is 2.47. The van der Waals surface area contributed by atoms with Crippen LogP contribution in [0.1, 0.15) is 18.9 Å². The van der Waals surface area contributed by atoms with Crippen LogP contribution in [0, 0.1) is 4.91 Å². The number of hydrogen-bond donors (Lipinski definition) is 0. The average molecular weight is 193 g/mol. The number of benzene rings is 1. The monoisotopic (exact) mass is 193 g/mol. The molecule has 0 bridgehead atoms. The molecule has 0 fully saturated rings. The van der Waals surface area contributed by atoms with Crippen LogP contribution in [-0.4, -0.2) is 13.2 Å². The minimum absolute atomic E-state index is 0.0999. The Labute approximate surface area is 84.1 Å². The lowest BCUT2D eigenvalue weighted by atomic mass is 10.1. The summed E-state index contributed by atoms with van der Waals surface area (Å²) in [6, 6.07) is 7.77. The number of methoxy groups -OCH3 is 1. The van der Waals surface area contributed by atoms with Gasteiger partial charge in [-0.15, -0.1) is 0 Å². The molecule has 0 aromatic heterocycles. The lowest BCUT2D eigenvalue weighted by Gasteiger charge is -2.04. The molecule has 1 rings (SSSR count). The fourth-order valence-corrected chi connectivity index (χ4v) is 1.22. The van der Waals surface area contributed by atoms with E-state index in [1.54, 1.807) is 7.11 Å². The predicted octanol–water partition coefficient (Wildman–Crippen LogP) is 2.78. The summed E-state index contributed by atoms with van der Waals surface area (Å²) in [5.74, 6) is 0.857. The number of nitroso groups, excluding NO2 is 1. The molecule has 1 unspecified atom stereocenters. The van der Waals surface area contributed by atoms with Crippen LogP contribution < -0.4 is 4.74 Å². The van der Waals surface area contributed by atoms with E-state index in [2.05, 4.69) is 5.18 Å². The van der Waals surface area contributed by atoms with Gasteiger partial charge in [-0.1, -0.05) is 17.3 Å². The van der Waals surface area contributed by atoms with E-state index in [4.69, 9.17) is 4.74 Å². The predicted molar refractivity (Wildman–Crippen MR) is 56.6 cm³/mol. The van der Waals surface area contributed by atoms with Crippen molar-refractivity contribution in [2.24, 2.45) is 5.18 Å². The number of nitrogens with zero attached hydrogens (tertiary/aromatic N) is 1. The highest BCUT2D eigenvalue weighted by Gasteiger charge is 2.01. The van der Waals surface area contributed by atoms with E-state index in [1.165, 1.54) is 5.56 Å². The van der Waals surface area contributed by atoms with Crippen LogP contribution in [0.25, 0.3) is 0 Å². The summed E-state index contributed by atoms with van der Waals surface area (Å²) in [6.07, 6.45) is 1.69. The molecule has 0 aliphatic rings. The average Bonchev–Trinajstić information content (AvgIpc) is 2.26. The Morgan fingerprint density at radius 1 is 1.36 bits per heavy atom. The third-order valence-corrected chi connectivity index (χ3v) is 2.19. The van der Waals surface area contributed by atoms with Gasteiger partial charge in [0.1, 0.15) is 5.75 Å². The Bertz CT molecular complexity index is 282. The second kappa shape index (κ2) is 5.37. The van der Waals surface area contributed by atoms with Gasteiger partial charge in [-0.3, -0.25) is 0 Å². The highest BCUT2D eigenvalue weighted by molar-refractivity contribution is 5.27. The Hall–Kier alpha value is -1.38. The lowest BCUT2D eigenvalue weighted by Crippen LogP contribution is -1.98. The van der Waals surface area contributed by atoms with Gasteiger partial charge in [-0.05, 0) is 37.5 Å². The molecule has 0 aliphatic heterocycles. The van der Waals surface area contributed by atoms with Crippen molar-refractivity contribution in [1.29, 1.82) is 0 Å². The van der Waals surface area contributed by atoms with Crippen LogP contribution >= 0.6 is 0 Å². The van der Waals surface area contributed by atoms with Crippen molar-refractivity contribution in [3.8, 4) is 5.75 Å². The zero-order valence-corrected chi connectivity index (χ0v) is 8.56. The first-order chi connectivity index (χ1) is 6.76. The van der Waals surface area contributed by atoms with Crippen molar-refractivity contribution in [1.82, 2.24) is 0 Å². The Morgan fingerprint density at radius 2 is 2.00 bits per heavy atom. The van der Waals surface area contributed by atoms with Crippen molar-refractivity contribution in [3.05, 3.63) is 34.7 Å². The van der Waals surface area contributed by atoms with Gasteiger partial charge >= 0.3 is 0 Å². The molecule has 0 radical (unpaired) electrons. The van der Waals surface area contributed by atoms with Crippen molar-refractivity contribution < 1.29 is 4.74 Å². The first-order valence-electron chi connectivity index (χ1n) is 4.71. The summed E-state index contributed by atoms with van der Waals surface area (Å²) in [7, 11) is 1.65. The second-order valence-corrected chi connectivity index (χ2v) is 3.34. The first-order valence-corrected chi connectivity index (χ1v) is 4.71. The normalized spacial score (nSPS) is 12.1. The number of hydrogen-bond acceptors (Lipinski definition) is 3. The molecular weight excluding hydrogens is 178 g/mol. The van der Waals surface area contributed by atoms with Crippen molar-refractivity contribution >= 4 is 0 Å². The van der Waals surface area contributed by atoms with E-state index >= 15 is 0 Å². The van der Waals surface area contributed by atoms with Gasteiger partial charge in [0.25, 0.3) is 0 Å². The van der Waals surface area contributed by atoms with Gasteiger partial charge < -0.3 is 4.74 Å². The van der Waals surface area contributed by atoms with Gasteiger partial charge in [0.05, 0.1) is 13.2 Å². The largest absolute Gasteiger partial charge is 0.497 e. The molecule has 0 saturated heterocycles. The van der Waals surface area contributed by atoms with Crippen LogP contribution in [-0.2, 0) is 6.42 Å². The fourth-order valence-electron chi connectivity index (χ4n) is 1.22. The summed E-state index contributed by atoms with van der Waals surface area (Å²) in [5, 5.41) is 2.96. The van der Waals surface area contributed by atoms with Crippen LogP contribution in [0.15, 0.2) is 29.4 Å². The third kappa shape index (κ3) is 3.17. The number of aryl methyl sites for hydroxylation is 1. The molecule has 0 spiro atoms. The Kier molecular flexibility index (Phi) is 4.11. The maximum atomic E-state index is 10.2.